The topological polar surface area (TPSA) is 75.7 Å². The van der Waals surface area contributed by atoms with Gasteiger partial charge in [-0.15, -0.1) is 0 Å². The van der Waals surface area contributed by atoms with Crippen molar-refractivity contribution in [2.45, 2.75) is 50.7 Å². The predicted octanol–water partition coefficient (Wildman–Crippen LogP) is 2.62. The van der Waals surface area contributed by atoms with Crippen LogP contribution in [0.25, 0.3) is 0 Å². The normalized spacial score (nSPS) is 26.6. The Morgan fingerprint density at radius 3 is 2.65 bits per heavy atom. The summed E-state index contributed by atoms with van der Waals surface area (Å²) in [6.45, 7) is 0.401. The predicted molar refractivity (Wildman–Crippen MR) is 76.7 cm³/mol. The highest BCUT2D eigenvalue weighted by molar-refractivity contribution is 5.50. The average Bonchev–Trinajstić information content (AvgIpc) is 2.95. The molecule has 2 atom stereocenters. The van der Waals surface area contributed by atoms with E-state index in [0.29, 0.717) is 13.0 Å². The minimum absolute atomic E-state index is 0.000622. The Labute approximate surface area is 119 Å². The molecule has 3 rings (SSSR count). The summed E-state index contributed by atoms with van der Waals surface area (Å²) >= 11 is 0. The maximum atomic E-state index is 10.1. The first kappa shape index (κ1) is 13.7. The lowest BCUT2D eigenvalue weighted by Gasteiger charge is -2.33. The van der Waals surface area contributed by atoms with Crippen LogP contribution in [0.5, 0.6) is 11.5 Å². The van der Waals surface area contributed by atoms with Crippen molar-refractivity contribution in [2.75, 3.05) is 6.54 Å². The van der Waals surface area contributed by atoms with Gasteiger partial charge >= 0.3 is 0 Å². The second-order valence-electron chi connectivity index (χ2n) is 6.07. The lowest BCUT2D eigenvalue weighted by molar-refractivity contribution is -0.0325. The van der Waals surface area contributed by atoms with Crippen molar-refractivity contribution in [3.05, 3.63) is 23.3 Å². The molecule has 1 aliphatic heterocycles. The highest BCUT2D eigenvalue weighted by atomic mass is 16.5. The maximum Gasteiger partial charge on any atom is 0.161 e. The number of fused-ring (bicyclic) bond motifs is 1. The van der Waals surface area contributed by atoms with E-state index < -0.39 is 0 Å². The summed E-state index contributed by atoms with van der Waals surface area (Å²) in [7, 11) is 0. The average molecular weight is 277 g/mol. The molecule has 4 N–H and O–H groups in total. The summed E-state index contributed by atoms with van der Waals surface area (Å²) in [5.74, 6) is 0.682. The van der Waals surface area contributed by atoms with Crippen LogP contribution in [0, 0.1) is 5.92 Å². The molecule has 0 radical (unpaired) electrons. The second kappa shape index (κ2) is 5.62. The lowest BCUT2D eigenvalue weighted by Crippen LogP contribution is -2.31. The van der Waals surface area contributed by atoms with Crippen LogP contribution in [0.1, 0.15) is 49.3 Å². The molecular weight excluding hydrogens is 254 g/mol. The van der Waals surface area contributed by atoms with Crippen LogP contribution < -0.4 is 5.73 Å². The minimum Gasteiger partial charge on any atom is -0.504 e. The highest BCUT2D eigenvalue weighted by Crippen LogP contribution is 2.41. The fraction of sp³-hybridized carbons (Fsp3) is 0.625. The van der Waals surface area contributed by atoms with Gasteiger partial charge in [0, 0.05) is 18.5 Å². The molecule has 0 spiro atoms. The van der Waals surface area contributed by atoms with Gasteiger partial charge in [-0.1, -0.05) is 31.7 Å². The van der Waals surface area contributed by atoms with E-state index >= 15 is 0 Å². The third-order valence-electron chi connectivity index (χ3n) is 4.72. The van der Waals surface area contributed by atoms with Crippen molar-refractivity contribution in [2.24, 2.45) is 11.7 Å². The maximum absolute atomic E-state index is 10.1. The first-order chi connectivity index (χ1) is 9.69. The summed E-state index contributed by atoms with van der Waals surface area (Å²) in [4.78, 5) is 0. The molecule has 0 bridgehead atoms. The van der Waals surface area contributed by atoms with E-state index in [1.165, 1.54) is 31.7 Å². The summed E-state index contributed by atoms with van der Waals surface area (Å²) in [6.07, 6.45) is 6.84. The van der Waals surface area contributed by atoms with Gasteiger partial charge < -0.3 is 20.7 Å². The molecule has 2 unspecified atom stereocenters. The number of ether oxygens (including phenoxy) is 1. The van der Waals surface area contributed by atoms with Crippen LogP contribution in [0.15, 0.2) is 12.1 Å². The van der Waals surface area contributed by atoms with Gasteiger partial charge in [0.15, 0.2) is 11.5 Å². The van der Waals surface area contributed by atoms with Crippen LogP contribution in [0.3, 0.4) is 0 Å². The van der Waals surface area contributed by atoms with Crippen LogP contribution in [-0.2, 0) is 11.2 Å². The van der Waals surface area contributed by atoms with Crippen LogP contribution in [0.4, 0.5) is 0 Å². The van der Waals surface area contributed by atoms with Gasteiger partial charge in [-0.2, -0.15) is 0 Å². The molecule has 2 aliphatic rings. The number of phenols is 2. The number of benzene rings is 1. The van der Waals surface area contributed by atoms with Gasteiger partial charge in [0.05, 0.1) is 12.2 Å². The van der Waals surface area contributed by atoms with Crippen LogP contribution in [-0.4, -0.2) is 22.9 Å². The largest absolute Gasteiger partial charge is 0.504 e. The van der Waals surface area contributed by atoms with Crippen molar-refractivity contribution >= 4 is 0 Å². The number of phenolic OH excluding ortho intramolecular Hbond substituents is 2. The highest BCUT2D eigenvalue weighted by Gasteiger charge is 2.31. The van der Waals surface area contributed by atoms with Gasteiger partial charge in [-0.25, -0.2) is 0 Å². The van der Waals surface area contributed by atoms with Gasteiger partial charge in [-0.05, 0) is 24.0 Å². The lowest BCUT2D eigenvalue weighted by atomic mass is 9.88. The van der Waals surface area contributed by atoms with Crippen molar-refractivity contribution < 1.29 is 14.9 Å². The Morgan fingerprint density at radius 2 is 1.95 bits per heavy atom. The molecule has 4 nitrogen and oxygen atoms in total. The van der Waals surface area contributed by atoms with Gasteiger partial charge in [0.1, 0.15) is 0 Å². The van der Waals surface area contributed by atoms with E-state index in [-0.39, 0.29) is 23.7 Å². The summed E-state index contributed by atoms with van der Waals surface area (Å²) in [5.41, 5.74) is 7.54. The van der Waals surface area contributed by atoms with Crippen molar-refractivity contribution in [3.8, 4) is 11.5 Å². The van der Waals surface area contributed by atoms with E-state index in [4.69, 9.17) is 10.5 Å². The molecule has 1 aliphatic carbocycles. The van der Waals surface area contributed by atoms with Crippen LogP contribution in [0.2, 0.25) is 0 Å². The molecule has 0 aromatic heterocycles. The van der Waals surface area contributed by atoms with Gasteiger partial charge in [0.2, 0.25) is 0 Å². The monoisotopic (exact) mass is 277 g/mol. The molecule has 20 heavy (non-hydrogen) atoms. The molecule has 1 saturated carbocycles. The van der Waals surface area contributed by atoms with E-state index in [0.717, 1.165) is 23.5 Å². The number of nitrogens with two attached hydrogens (primary N) is 1. The Kier molecular flexibility index (Phi) is 3.85. The van der Waals surface area contributed by atoms with Gasteiger partial charge in [0.25, 0.3) is 0 Å². The molecule has 110 valence electrons. The van der Waals surface area contributed by atoms with Gasteiger partial charge in [-0.3, -0.25) is 0 Å². The number of hydrogen-bond acceptors (Lipinski definition) is 4. The Morgan fingerprint density at radius 1 is 1.20 bits per heavy atom. The number of rotatable bonds is 3. The molecule has 1 heterocycles. The standard InChI is InChI=1S/C16H23NO3/c17-9-15-12-5-6-14(18)16(19)13(12)8-11(20-15)7-10-3-1-2-4-10/h5-6,10-11,15,18-19H,1-4,7-9,17H2. The first-order valence-electron chi connectivity index (χ1n) is 7.58. The third-order valence-corrected chi connectivity index (χ3v) is 4.72. The summed E-state index contributed by atoms with van der Waals surface area (Å²) in [6, 6.07) is 3.32. The quantitative estimate of drug-likeness (QED) is 0.742. The molecule has 1 aromatic rings. The van der Waals surface area contributed by atoms with E-state index in [1.54, 1.807) is 0 Å². The van der Waals surface area contributed by atoms with E-state index in [2.05, 4.69) is 0 Å². The minimum atomic E-state index is -0.170. The summed E-state index contributed by atoms with van der Waals surface area (Å²) < 4.78 is 6.10. The van der Waals surface area contributed by atoms with Crippen LogP contribution >= 0.6 is 0 Å². The zero-order valence-electron chi connectivity index (χ0n) is 11.7. The Balaban J connectivity index is 1.82. The molecule has 4 heteroatoms. The Bertz CT molecular complexity index is 483. The molecule has 0 amide bonds. The smallest absolute Gasteiger partial charge is 0.161 e. The zero-order valence-corrected chi connectivity index (χ0v) is 11.7. The first-order valence-corrected chi connectivity index (χ1v) is 7.58. The zero-order chi connectivity index (χ0) is 14.1. The molecule has 1 fully saturated rings. The Hall–Kier alpha value is -1.26. The SMILES string of the molecule is NCC1OC(CC2CCCC2)Cc2c1ccc(O)c2O. The van der Waals surface area contributed by atoms with Crippen molar-refractivity contribution in [1.29, 1.82) is 0 Å². The van der Waals surface area contributed by atoms with Crippen molar-refractivity contribution in [3.63, 3.8) is 0 Å². The van der Waals surface area contributed by atoms with E-state index in [9.17, 15) is 10.2 Å². The fourth-order valence-electron chi connectivity index (χ4n) is 3.68. The second-order valence-corrected chi connectivity index (χ2v) is 6.07. The van der Waals surface area contributed by atoms with E-state index in [1.807, 2.05) is 6.07 Å². The molecule has 1 aromatic carbocycles. The summed E-state index contributed by atoms with van der Waals surface area (Å²) in [5, 5.41) is 19.8. The molecule has 0 saturated heterocycles. The number of aromatic hydroxyl groups is 2. The van der Waals surface area contributed by atoms with Crippen molar-refractivity contribution in [1.82, 2.24) is 0 Å². The third kappa shape index (κ3) is 2.50. The number of hydrogen-bond donors (Lipinski definition) is 3. The molecular formula is C16H23NO3. The fourth-order valence-corrected chi connectivity index (χ4v) is 3.68.